The lowest BCUT2D eigenvalue weighted by Crippen LogP contribution is -2.37. The second-order valence-electron chi connectivity index (χ2n) is 9.64. The van der Waals surface area contributed by atoms with Gasteiger partial charge in [-0.1, -0.05) is 12.1 Å². The lowest BCUT2D eigenvalue weighted by Gasteiger charge is -2.21. The van der Waals surface area contributed by atoms with Gasteiger partial charge in [-0.2, -0.15) is 0 Å². The van der Waals surface area contributed by atoms with Gasteiger partial charge in [0.2, 0.25) is 11.5 Å². The zero-order valence-electron chi connectivity index (χ0n) is 25.7. The summed E-state index contributed by atoms with van der Waals surface area (Å²) >= 11 is 0. The van der Waals surface area contributed by atoms with Crippen LogP contribution in [-0.4, -0.2) is 61.2 Å². The Morgan fingerprint density at radius 2 is 1.28 bits per heavy atom. The van der Waals surface area contributed by atoms with Crippen LogP contribution >= 0.6 is 0 Å². The topological polar surface area (TPSA) is 139 Å². The van der Waals surface area contributed by atoms with Crippen LogP contribution in [0, 0.1) is 0 Å². The van der Waals surface area contributed by atoms with Crippen molar-refractivity contribution < 1.29 is 53.0 Å². The first-order chi connectivity index (χ1) is 20.7. The van der Waals surface area contributed by atoms with Crippen LogP contribution in [-0.2, 0) is 23.8 Å². The first-order valence-corrected chi connectivity index (χ1v) is 15.0. The Morgan fingerprint density at radius 1 is 0.721 bits per heavy atom. The molecule has 1 aliphatic heterocycles. The molecular formula is C32H46O11. The fraction of sp³-hybridized carbons (Fsp3) is 0.562. The molecule has 0 amide bonds. The van der Waals surface area contributed by atoms with E-state index in [0.29, 0.717) is 63.1 Å². The quantitative estimate of drug-likeness (QED) is 0.113. The summed E-state index contributed by atoms with van der Waals surface area (Å²) in [6.45, 7) is 9.53. The van der Waals surface area contributed by atoms with E-state index in [1.807, 2.05) is 32.0 Å². The van der Waals surface area contributed by atoms with Gasteiger partial charge in [0.1, 0.15) is 0 Å². The molecule has 1 aliphatic rings. The van der Waals surface area contributed by atoms with Crippen molar-refractivity contribution in [3.05, 3.63) is 36.4 Å². The average molecular weight is 607 g/mol. The summed E-state index contributed by atoms with van der Waals surface area (Å²) in [4.78, 5) is 22.3. The fourth-order valence-electron chi connectivity index (χ4n) is 4.07. The summed E-state index contributed by atoms with van der Waals surface area (Å²) < 4.78 is 37.8. The molecule has 2 aromatic carbocycles. The van der Waals surface area contributed by atoms with Gasteiger partial charge in [-0.15, -0.1) is 0 Å². The Morgan fingerprint density at radius 3 is 1.86 bits per heavy atom. The number of esters is 2. The highest BCUT2D eigenvalue weighted by Gasteiger charge is 2.39. The zero-order chi connectivity index (χ0) is 31.5. The summed E-state index contributed by atoms with van der Waals surface area (Å²) in [5.74, 6) is 0.247. The molecule has 0 saturated heterocycles. The van der Waals surface area contributed by atoms with Crippen LogP contribution in [0.2, 0.25) is 0 Å². The van der Waals surface area contributed by atoms with Crippen molar-refractivity contribution in [2.45, 2.75) is 85.0 Å². The van der Waals surface area contributed by atoms with Gasteiger partial charge in [0, 0.05) is 19.8 Å². The summed E-state index contributed by atoms with van der Waals surface area (Å²) in [6, 6.07) is 10.1. The average Bonchev–Trinajstić information content (AvgIpc) is 3.32. The third-order valence-electron chi connectivity index (χ3n) is 6.09. The SMILES string of the molecule is CCOC(=O)CCCCCOc1cccc(O)c1O.CCOC(=O)CCCCCOc1cccc2c1OC(C)(OCC)O2. The molecule has 0 fully saturated rings. The number of benzene rings is 2. The van der Waals surface area contributed by atoms with E-state index in [1.54, 1.807) is 26.0 Å². The number of hydrogen-bond acceptors (Lipinski definition) is 11. The first-order valence-electron chi connectivity index (χ1n) is 15.0. The number of aromatic hydroxyl groups is 2. The minimum atomic E-state index is -1.10. The molecule has 0 aliphatic carbocycles. The molecule has 2 N–H and O–H groups in total. The summed E-state index contributed by atoms with van der Waals surface area (Å²) in [6.07, 6.45) is 5.82. The largest absolute Gasteiger partial charge is 0.504 e. The lowest BCUT2D eigenvalue weighted by atomic mass is 10.2. The van der Waals surface area contributed by atoms with Crippen LogP contribution < -0.4 is 18.9 Å². The Bertz CT molecular complexity index is 1120. The van der Waals surface area contributed by atoms with Crippen molar-refractivity contribution in [2.75, 3.05) is 33.0 Å². The van der Waals surface area contributed by atoms with E-state index in [2.05, 4.69) is 0 Å². The minimum Gasteiger partial charge on any atom is -0.504 e. The monoisotopic (exact) mass is 606 g/mol. The predicted molar refractivity (Wildman–Crippen MR) is 159 cm³/mol. The second-order valence-corrected chi connectivity index (χ2v) is 9.64. The molecule has 0 aromatic heterocycles. The van der Waals surface area contributed by atoms with Gasteiger partial charge in [0.25, 0.3) is 0 Å². The number of unbranched alkanes of at least 4 members (excludes halogenated alkanes) is 4. The Balaban J connectivity index is 0.000000309. The van der Waals surface area contributed by atoms with Gasteiger partial charge in [-0.25, -0.2) is 0 Å². The molecule has 0 saturated carbocycles. The van der Waals surface area contributed by atoms with E-state index in [4.69, 9.17) is 33.2 Å². The van der Waals surface area contributed by atoms with Gasteiger partial charge in [0.15, 0.2) is 23.0 Å². The maximum absolute atomic E-state index is 11.2. The number of ether oxygens (including phenoxy) is 7. The maximum Gasteiger partial charge on any atom is 0.369 e. The number of hydrogen-bond donors (Lipinski definition) is 2. The van der Waals surface area contributed by atoms with E-state index in [9.17, 15) is 19.8 Å². The van der Waals surface area contributed by atoms with Gasteiger partial charge in [-0.05, 0) is 83.6 Å². The normalized spacial score (nSPS) is 14.8. The Hall–Kier alpha value is -3.86. The summed E-state index contributed by atoms with van der Waals surface area (Å²) in [5, 5.41) is 18.8. The van der Waals surface area contributed by atoms with Crippen LogP contribution in [0.4, 0.5) is 0 Å². The highest BCUT2D eigenvalue weighted by Crippen LogP contribution is 2.46. The molecule has 11 heteroatoms. The number of phenolic OH excluding ortho intramolecular Hbond substituents is 2. The van der Waals surface area contributed by atoms with E-state index in [1.165, 1.54) is 6.07 Å². The molecule has 3 rings (SSSR count). The Labute approximate surface area is 253 Å². The van der Waals surface area contributed by atoms with Crippen molar-refractivity contribution >= 4 is 11.9 Å². The molecule has 1 atom stereocenters. The molecule has 11 nitrogen and oxygen atoms in total. The van der Waals surface area contributed by atoms with Crippen LogP contribution in [0.3, 0.4) is 0 Å². The molecule has 0 radical (unpaired) electrons. The van der Waals surface area contributed by atoms with Crippen molar-refractivity contribution in [1.82, 2.24) is 0 Å². The molecule has 43 heavy (non-hydrogen) atoms. The van der Waals surface area contributed by atoms with Crippen LogP contribution in [0.1, 0.15) is 79.1 Å². The number of phenols is 2. The van der Waals surface area contributed by atoms with Crippen molar-refractivity contribution in [3.63, 3.8) is 0 Å². The van der Waals surface area contributed by atoms with Crippen LogP contribution in [0.5, 0.6) is 34.5 Å². The van der Waals surface area contributed by atoms with E-state index in [-0.39, 0.29) is 29.2 Å². The lowest BCUT2D eigenvalue weighted by molar-refractivity contribution is -0.266. The number of para-hydroxylation sites is 2. The second kappa shape index (κ2) is 19.4. The smallest absolute Gasteiger partial charge is 0.369 e. The van der Waals surface area contributed by atoms with Crippen LogP contribution in [0.25, 0.3) is 0 Å². The van der Waals surface area contributed by atoms with Gasteiger partial charge >= 0.3 is 17.9 Å². The first kappa shape index (κ1) is 35.3. The van der Waals surface area contributed by atoms with Gasteiger partial charge < -0.3 is 43.4 Å². The van der Waals surface area contributed by atoms with E-state index >= 15 is 0 Å². The van der Waals surface area contributed by atoms with Gasteiger partial charge in [-0.3, -0.25) is 9.59 Å². The minimum absolute atomic E-state index is 0.139. The summed E-state index contributed by atoms with van der Waals surface area (Å²) in [7, 11) is 0. The molecule has 1 unspecified atom stereocenters. The molecule has 1 heterocycles. The Kier molecular flexibility index (Phi) is 15.9. The van der Waals surface area contributed by atoms with E-state index in [0.717, 1.165) is 38.5 Å². The molecule has 2 aromatic rings. The van der Waals surface area contributed by atoms with Gasteiger partial charge in [0.05, 0.1) is 33.0 Å². The molecule has 0 spiro atoms. The number of rotatable bonds is 18. The standard InChI is InChI=1S/C18H26O6.C14H20O5/c1-4-20-16(19)12-7-6-8-13-21-14-10-9-11-15-17(14)24-18(3,23-15)22-5-2;1-2-18-13(16)9-4-3-5-10-19-12-8-6-7-11(15)14(12)17/h9-11H,4-8,12-13H2,1-3H3;6-8,15,17H,2-5,9-10H2,1H3. The fourth-order valence-corrected chi connectivity index (χ4v) is 4.07. The number of carbonyl (C=O) groups excluding carboxylic acids is 2. The molecular weight excluding hydrogens is 560 g/mol. The molecule has 0 bridgehead atoms. The maximum atomic E-state index is 11.2. The zero-order valence-corrected chi connectivity index (χ0v) is 25.7. The highest BCUT2D eigenvalue weighted by molar-refractivity contribution is 5.69. The van der Waals surface area contributed by atoms with Crippen molar-refractivity contribution in [1.29, 1.82) is 0 Å². The predicted octanol–water partition coefficient (Wildman–Crippen LogP) is 6.27. The third-order valence-corrected chi connectivity index (χ3v) is 6.09. The number of fused-ring (bicyclic) bond motifs is 1. The van der Waals surface area contributed by atoms with Crippen LogP contribution in [0.15, 0.2) is 36.4 Å². The summed E-state index contributed by atoms with van der Waals surface area (Å²) in [5.41, 5.74) is 0. The third kappa shape index (κ3) is 12.9. The van der Waals surface area contributed by atoms with Crippen molar-refractivity contribution in [2.24, 2.45) is 0 Å². The van der Waals surface area contributed by atoms with E-state index < -0.39 is 5.97 Å². The van der Waals surface area contributed by atoms with Crippen molar-refractivity contribution in [3.8, 4) is 34.5 Å². The highest BCUT2D eigenvalue weighted by atomic mass is 16.9. The number of carbonyl (C=O) groups is 2. The molecule has 240 valence electrons.